The van der Waals surface area contributed by atoms with Gasteiger partial charge in [0.05, 0.1) is 9.99 Å². The Morgan fingerprint density at radius 2 is 1.80 bits per heavy atom. The largest absolute Gasteiger partial charge is 0.476 e. The second-order valence-electron chi connectivity index (χ2n) is 4.20. The predicted octanol–water partition coefficient (Wildman–Crippen LogP) is 4.22. The minimum absolute atomic E-state index is 0.00379. The Labute approximate surface area is 131 Å². The van der Waals surface area contributed by atoms with Gasteiger partial charge < -0.3 is 5.11 Å². The minimum Gasteiger partial charge on any atom is -0.476 e. The number of carboxylic acids is 1. The van der Waals surface area contributed by atoms with Crippen LogP contribution in [0.15, 0.2) is 51.5 Å². The minimum atomic E-state index is -1.06. The van der Waals surface area contributed by atoms with Crippen LogP contribution in [0.5, 0.6) is 0 Å². The normalized spacial score (nSPS) is 10.9. The highest BCUT2D eigenvalue weighted by Gasteiger charge is 2.18. The van der Waals surface area contributed by atoms with Crippen LogP contribution in [0.4, 0.5) is 0 Å². The molecule has 4 nitrogen and oxygen atoms in total. The van der Waals surface area contributed by atoms with Crippen LogP contribution >= 0.6 is 31.9 Å². The summed E-state index contributed by atoms with van der Waals surface area (Å²) in [5.74, 6) is -1.06. The first-order chi connectivity index (χ1) is 9.58. The number of halogens is 2. The van der Waals surface area contributed by atoms with E-state index in [1.807, 2.05) is 42.5 Å². The number of nitrogens with zero attached hydrogens (tertiary/aromatic N) is 2. The third-order valence-electron chi connectivity index (χ3n) is 2.94. The number of hydrogen-bond acceptors (Lipinski definition) is 2. The molecule has 0 radical (unpaired) electrons. The van der Waals surface area contributed by atoms with Crippen LogP contribution in [0.3, 0.4) is 0 Å². The van der Waals surface area contributed by atoms with Crippen LogP contribution in [0.25, 0.3) is 16.6 Å². The molecule has 100 valence electrons. The summed E-state index contributed by atoms with van der Waals surface area (Å²) in [6.45, 7) is 0. The van der Waals surface area contributed by atoms with Crippen molar-refractivity contribution in [3.8, 4) is 11.1 Å². The maximum absolute atomic E-state index is 11.1. The van der Waals surface area contributed by atoms with Gasteiger partial charge in [-0.3, -0.25) is 0 Å². The van der Waals surface area contributed by atoms with Crippen LogP contribution < -0.4 is 0 Å². The molecule has 3 aromatic rings. The third kappa shape index (κ3) is 2.14. The van der Waals surface area contributed by atoms with E-state index in [4.69, 9.17) is 5.11 Å². The zero-order valence-corrected chi connectivity index (χ0v) is 13.2. The van der Waals surface area contributed by atoms with Crippen molar-refractivity contribution in [2.45, 2.75) is 0 Å². The first-order valence-corrected chi connectivity index (χ1v) is 7.33. The summed E-state index contributed by atoms with van der Waals surface area (Å²) in [5, 5.41) is 13.2. The molecule has 2 aromatic heterocycles. The maximum Gasteiger partial charge on any atom is 0.357 e. The molecule has 0 unspecified atom stereocenters. The lowest BCUT2D eigenvalue weighted by Gasteiger charge is -2.04. The molecular formula is C14H8Br2N2O2. The van der Waals surface area contributed by atoms with Crippen LogP contribution in [0.2, 0.25) is 0 Å². The Morgan fingerprint density at radius 3 is 2.45 bits per heavy atom. The highest BCUT2D eigenvalue weighted by atomic mass is 79.9. The quantitative estimate of drug-likeness (QED) is 0.660. The second-order valence-corrected chi connectivity index (χ2v) is 5.80. The molecule has 6 heteroatoms. The number of fused-ring (bicyclic) bond motifs is 1. The van der Waals surface area contributed by atoms with E-state index < -0.39 is 5.97 Å². The smallest absolute Gasteiger partial charge is 0.357 e. The van der Waals surface area contributed by atoms with Crippen LogP contribution in [-0.2, 0) is 0 Å². The zero-order chi connectivity index (χ0) is 14.3. The summed E-state index contributed by atoms with van der Waals surface area (Å²) >= 11 is 6.74. The Balaban J connectivity index is 2.29. The summed E-state index contributed by atoms with van der Waals surface area (Å²) in [6.07, 6.45) is 0. The summed E-state index contributed by atoms with van der Waals surface area (Å²) in [7, 11) is 0. The number of aromatic carboxylic acids is 1. The molecule has 0 aliphatic rings. The average Bonchev–Trinajstić information content (AvgIpc) is 2.78. The highest BCUT2D eigenvalue weighted by molar-refractivity contribution is 9.11. The molecule has 0 aliphatic carbocycles. The van der Waals surface area contributed by atoms with Gasteiger partial charge in [-0.05, 0) is 55.1 Å². The van der Waals surface area contributed by atoms with Gasteiger partial charge >= 0.3 is 5.97 Å². The van der Waals surface area contributed by atoms with Crippen LogP contribution in [0.1, 0.15) is 10.5 Å². The zero-order valence-electron chi connectivity index (χ0n) is 10.0. The number of carboxylic acid groups (broad SMARTS) is 1. The lowest BCUT2D eigenvalue weighted by molar-refractivity contribution is 0.0689. The van der Waals surface area contributed by atoms with E-state index in [-0.39, 0.29) is 5.69 Å². The molecule has 20 heavy (non-hydrogen) atoms. The van der Waals surface area contributed by atoms with Crippen molar-refractivity contribution in [1.29, 1.82) is 0 Å². The molecule has 0 fully saturated rings. The third-order valence-corrected chi connectivity index (χ3v) is 4.29. The van der Waals surface area contributed by atoms with Crippen molar-refractivity contribution >= 4 is 43.3 Å². The summed E-state index contributed by atoms with van der Waals surface area (Å²) in [5.41, 5.74) is 2.75. The lowest BCUT2D eigenvalue weighted by Crippen LogP contribution is -1.98. The van der Waals surface area contributed by atoms with Gasteiger partial charge in [-0.1, -0.05) is 30.3 Å². The number of rotatable bonds is 2. The van der Waals surface area contributed by atoms with E-state index in [1.54, 1.807) is 4.52 Å². The summed E-state index contributed by atoms with van der Waals surface area (Å²) < 4.78 is 2.73. The number of hydrogen-bond donors (Lipinski definition) is 1. The van der Waals surface area contributed by atoms with E-state index in [9.17, 15) is 4.79 Å². The molecule has 0 atom stereocenters. The standard InChI is InChI=1S/C14H8Br2N2O2/c15-11-7-9(8-4-2-1-3-5-8)6-10-12(16)13(14(19)20)17-18(10)11/h1-7H,(H,19,20). The molecule has 2 heterocycles. The monoisotopic (exact) mass is 394 g/mol. The molecule has 0 saturated heterocycles. The molecule has 3 rings (SSSR count). The van der Waals surface area contributed by atoms with Crippen molar-refractivity contribution in [1.82, 2.24) is 9.61 Å². The molecule has 0 amide bonds. The van der Waals surface area contributed by atoms with E-state index in [0.29, 0.717) is 14.6 Å². The Kier molecular flexibility index (Phi) is 3.35. The molecule has 1 N–H and O–H groups in total. The summed E-state index contributed by atoms with van der Waals surface area (Å²) in [6, 6.07) is 13.7. The van der Waals surface area contributed by atoms with E-state index in [0.717, 1.165) is 11.1 Å². The number of benzene rings is 1. The number of carbonyl (C=O) groups is 1. The Hall–Kier alpha value is -1.66. The van der Waals surface area contributed by atoms with Gasteiger partial charge in [-0.15, -0.1) is 0 Å². The fourth-order valence-corrected chi connectivity index (χ4v) is 3.06. The van der Waals surface area contributed by atoms with E-state index in [2.05, 4.69) is 37.0 Å². The first-order valence-electron chi connectivity index (χ1n) is 5.74. The van der Waals surface area contributed by atoms with Gasteiger partial charge in [0.15, 0.2) is 5.69 Å². The lowest BCUT2D eigenvalue weighted by atomic mass is 10.1. The van der Waals surface area contributed by atoms with Crippen molar-refractivity contribution in [2.75, 3.05) is 0 Å². The topological polar surface area (TPSA) is 54.6 Å². The van der Waals surface area contributed by atoms with Crippen molar-refractivity contribution in [3.05, 3.63) is 57.2 Å². The number of aromatic nitrogens is 2. The van der Waals surface area contributed by atoms with Gasteiger partial charge in [0, 0.05) is 0 Å². The average molecular weight is 396 g/mol. The predicted molar refractivity (Wildman–Crippen MR) is 83.0 cm³/mol. The fraction of sp³-hybridized carbons (Fsp3) is 0. The fourth-order valence-electron chi connectivity index (χ4n) is 2.01. The SMILES string of the molecule is O=C(O)c1nn2c(Br)cc(-c3ccccc3)cc2c1Br. The molecule has 0 aliphatic heterocycles. The highest BCUT2D eigenvalue weighted by Crippen LogP contribution is 2.30. The van der Waals surface area contributed by atoms with Crippen molar-refractivity contribution < 1.29 is 9.90 Å². The van der Waals surface area contributed by atoms with Gasteiger partial charge in [0.2, 0.25) is 0 Å². The van der Waals surface area contributed by atoms with Crippen LogP contribution in [0, 0.1) is 0 Å². The maximum atomic E-state index is 11.1. The molecule has 0 spiro atoms. The Bertz CT molecular complexity index is 813. The van der Waals surface area contributed by atoms with Gasteiger partial charge in [0.25, 0.3) is 0 Å². The molecule has 0 saturated carbocycles. The number of pyridine rings is 1. The van der Waals surface area contributed by atoms with E-state index in [1.165, 1.54) is 0 Å². The summed E-state index contributed by atoms with van der Waals surface area (Å²) in [4.78, 5) is 11.1. The second kappa shape index (κ2) is 5.03. The van der Waals surface area contributed by atoms with Crippen LogP contribution in [-0.4, -0.2) is 20.7 Å². The van der Waals surface area contributed by atoms with Gasteiger partial charge in [-0.2, -0.15) is 5.10 Å². The van der Waals surface area contributed by atoms with Gasteiger partial charge in [0.1, 0.15) is 4.60 Å². The molecular weight excluding hydrogens is 388 g/mol. The van der Waals surface area contributed by atoms with E-state index >= 15 is 0 Å². The molecule has 1 aromatic carbocycles. The first kappa shape index (κ1) is 13.3. The Morgan fingerprint density at radius 1 is 1.10 bits per heavy atom. The van der Waals surface area contributed by atoms with Crippen molar-refractivity contribution in [2.24, 2.45) is 0 Å². The van der Waals surface area contributed by atoms with Gasteiger partial charge in [-0.25, -0.2) is 9.31 Å². The van der Waals surface area contributed by atoms with Crippen molar-refractivity contribution in [3.63, 3.8) is 0 Å². The molecule has 0 bridgehead atoms.